The quantitative estimate of drug-likeness (QED) is 0.256. The van der Waals surface area contributed by atoms with Crippen LogP contribution in [0.1, 0.15) is 6.92 Å². The number of hydrogen-bond acceptors (Lipinski definition) is 5. The van der Waals surface area contributed by atoms with Crippen LogP contribution in [0.4, 0.5) is 0 Å². The predicted molar refractivity (Wildman–Crippen MR) is 52.3 cm³/mol. The molecular formula is C8H14O5Si. The van der Waals surface area contributed by atoms with E-state index in [0.717, 1.165) is 0 Å². The summed E-state index contributed by atoms with van der Waals surface area (Å²) < 4.78 is 14.1. The van der Waals surface area contributed by atoms with Crippen molar-refractivity contribution in [2.45, 2.75) is 6.92 Å². The second-order valence-corrected chi connectivity index (χ2v) is 3.96. The highest BCUT2D eigenvalue weighted by atomic mass is 28.2. The van der Waals surface area contributed by atoms with Crippen LogP contribution >= 0.6 is 0 Å². The van der Waals surface area contributed by atoms with Crippen molar-refractivity contribution in [1.29, 1.82) is 0 Å². The second kappa shape index (κ2) is 7.28. The van der Waals surface area contributed by atoms with Crippen molar-refractivity contribution in [2.75, 3.05) is 19.9 Å². The zero-order valence-corrected chi connectivity index (χ0v) is 9.78. The largest absolute Gasteiger partial charge is 0.465 e. The maximum atomic E-state index is 10.9. The summed E-state index contributed by atoms with van der Waals surface area (Å²) in [6.07, 6.45) is 0.292. The van der Waals surface area contributed by atoms with Gasteiger partial charge in [-0.3, -0.25) is 0 Å². The van der Waals surface area contributed by atoms with E-state index in [1.165, 1.54) is 6.92 Å². The summed E-state index contributed by atoms with van der Waals surface area (Å²) in [4.78, 5) is 21.7. The lowest BCUT2D eigenvalue weighted by Crippen LogP contribution is -2.19. The lowest BCUT2D eigenvalue weighted by Gasteiger charge is -2.04. The Kier molecular flexibility index (Phi) is 6.68. The third kappa shape index (κ3) is 6.38. The lowest BCUT2D eigenvalue weighted by molar-refractivity contribution is -0.155. The van der Waals surface area contributed by atoms with Crippen molar-refractivity contribution in [3.63, 3.8) is 0 Å². The Balaban J connectivity index is 3.54. The minimum absolute atomic E-state index is 0.254. The van der Waals surface area contributed by atoms with Crippen LogP contribution in [0.25, 0.3) is 0 Å². The van der Waals surface area contributed by atoms with Gasteiger partial charge in [0.1, 0.15) is 6.23 Å². The van der Waals surface area contributed by atoms with Gasteiger partial charge in [-0.05, 0) is 6.92 Å². The molecule has 0 bridgehead atoms. The fraction of sp³-hybridized carbons (Fsp3) is 0.500. The molecule has 0 saturated carbocycles. The molecule has 0 aromatic heterocycles. The average Bonchev–Trinajstić information content (AvgIpc) is 2.14. The Bertz CT molecular complexity index is 226. The van der Waals surface area contributed by atoms with Gasteiger partial charge in [0, 0.05) is 12.7 Å². The molecular weight excluding hydrogens is 204 g/mol. The van der Waals surface area contributed by atoms with E-state index in [-0.39, 0.29) is 12.2 Å². The van der Waals surface area contributed by atoms with E-state index in [1.54, 1.807) is 7.11 Å². The van der Waals surface area contributed by atoms with Gasteiger partial charge in [0.15, 0.2) is 6.61 Å². The molecule has 0 amide bonds. The van der Waals surface area contributed by atoms with Gasteiger partial charge >= 0.3 is 11.9 Å². The molecule has 0 saturated heterocycles. The van der Waals surface area contributed by atoms with Crippen LogP contribution in [0.15, 0.2) is 12.2 Å². The van der Waals surface area contributed by atoms with Gasteiger partial charge < -0.3 is 13.9 Å². The van der Waals surface area contributed by atoms with E-state index in [0.29, 0.717) is 6.23 Å². The SMILES string of the molecule is C=C(C)C(=O)OCC(=O)OC[SiH2]OC. The maximum absolute atomic E-state index is 10.9. The second-order valence-electron chi connectivity index (χ2n) is 2.57. The summed E-state index contributed by atoms with van der Waals surface area (Å²) in [5.74, 6) is -1.16. The summed E-state index contributed by atoms with van der Waals surface area (Å²) in [6.45, 7) is 4.50. The molecule has 0 rings (SSSR count). The highest BCUT2D eigenvalue weighted by Gasteiger charge is 2.08. The third-order valence-corrected chi connectivity index (χ3v) is 2.00. The molecule has 5 nitrogen and oxygen atoms in total. The Morgan fingerprint density at radius 1 is 1.36 bits per heavy atom. The molecule has 0 aliphatic carbocycles. The normalized spacial score (nSPS) is 10.1. The first-order valence-electron chi connectivity index (χ1n) is 4.05. The van der Waals surface area contributed by atoms with Gasteiger partial charge in [-0.1, -0.05) is 6.58 Å². The fourth-order valence-electron chi connectivity index (χ4n) is 0.528. The van der Waals surface area contributed by atoms with Crippen molar-refractivity contribution >= 4 is 21.7 Å². The molecule has 0 spiro atoms. The molecule has 0 radical (unpaired) electrons. The van der Waals surface area contributed by atoms with Crippen molar-refractivity contribution in [1.82, 2.24) is 0 Å². The highest BCUT2D eigenvalue weighted by Crippen LogP contribution is 1.92. The molecule has 0 atom stereocenters. The number of hydrogen-bond donors (Lipinski definition) is 0. The molecule has 0 aromatic carbocycles. The summed E-state index contributed by atoms with van der Waals surface area (Å²) >= 11 is 0. The van der Waals surface area contributed by atoms with E-state index in [1.807, 2.05) is 0 Å². The first-order valence-corrected chi connectivity index (χ1v) is 5.63. The summed E-state index contributed by atoms with van der Waals surface area (Å²) in [5, 5.41) is 0. The first kappa shape index (κ1) is 12.9. The van der Waals surface area contributed by atoms with Crippen LogP contribution in [-0.4, -0.2) is 41.6 Å². The summed E-state index contributed by atoms with van der Waals surface area (Å²) in [7, 11) is 0.783. The smallest absolute Gasteiger partial charge is 0.344 e. The lowest BCUT2D eigenvalue weighted by atomic mass is 10.4. The topological polar surface area (TPSA) is 61.8 Å². The molecule has 14 heavy (non-hydrogen) atoms. The number of carbonyl (C=O) groups is 2. The van der Waals surface area contributed by atoms with Crippen molar-refractivity contribution in [3.05, 3.63) is 12.2 Å². The molecule has 0 aliphatic heterocycles. The van der Waals surface area contributed by atoms with Gasteiger partial charge in [-0.25, -0.2) is 9.59 Å². The number of rotatable bonds is 6. The Labute approximate surface area is 85.0 Å². The van der Waals surface area contributed by atoms with Gasteiger partial charge in [0.25, 0.3) is 0 Å². The molecule has 0 unspecified atom stereocenters. The molecule has 0 aromatic rings. The Morgan fingerprint density at radius 3 is 2.50 bits per heavy atom. The molecule has 6 heteroatoms. The molecule has 0 aliphatic rings. The van der Waals surface area contributed by atoms with Crippen molar-refractivity contribution in [3.8, 4) is 0 Å². The van der Waals surface area contributed by atoms with Crippen molar-refractivity contribution in [2.24, 2.45) is 0 Å². The summed E-state index contributed by atoms with van der Waals surface area (Å²) in [6, 6.07) is 0. The standard InChI is InChI=1S/C8H14O5Si/c1-6(2)8(10)12-4-7(9)13-5-14-11-3/h1,4-5,14H2,2-3H3. The van der Waals surface area contributed by atoms with Crippen LogP contribution < -0.4 is 0 Å². The van der Waals surface area contributed by atoms with Gasteiger partial charge in [0.2, 0.25) is 9.76 Å². The van der Waals surface area contributed by atoms with E-state index in [4.69, 9.17) is 9.16 Å². The maximum Gasteiger partial charge on any atom is 0.344 e. The Hall–Kier alpha value is -1.14. The number of carbonyl (C=O) groups excluding carboxylic acids is 2. The van der Waals surface area contributed by atoms with Crippen LogP contribution in [0.2, 0.25) is 0 Å². The molecule has 80 valence electrons. The van der Waals surface area contributed by atoms with Crippen LogP contribution in [0, 0.1) is 0 Å². The zero-order chi connectivity index (χ0) is 11.0. The molecule has 0 N–H and O–H groups in total. The van der Waals surface area contributed by atoms with Gasteiger partial charge in [-0.2, -0.15) is 0 Å². The number of ether oxygens (including phenoxy) is 2. The van der Waals surface area contributed by atoms with E-state index < -0.39 is 21.7 Å². The minimum atomic E-state index is -0.774. The first-order chi connectivity index (χ1) is 6.57. The van der Waals surface area contributed by atoms with Gasteiger partial charge in [0.05, 0.1) is 0 Å². The molecule has 0 heterocycles. The zero-order valence-electron chi connectivity index (χ0n) is 8.37. The van der Waals surface area contributed by atoms with E-state index >= 15 is 0 Å². The average molecular weight is 218 g/mol. The van der Waals surface area contributed by atoms with E-state index in [9.17, 15) is 9.59 Å². The van der Waals surface area contributed by atoms with Crippen LogP contribution in [-0.2, 0) is 23.5 Å². The summed E-state index contributed by atoms with van der Waals surface area (Å²) in [5.41, 5.74) is 0.254. The van der Waals surface area contributed by atoms with E-state index in [2.05, 4.69) is 11.3 Å². The predicted octanol–water partition coefficient (Wildman–Crippen LogP) is -0.663. The minimum Gasteiger partial charge on any atom is -0.465 e. The fourth-order valence-corrected chi connectivity index (χ4v) is 1.01. The van der Waals surface area contributed by atoms with Crippen molar-refractivity contribution < 1.29 is 23.5 Å². The highest BCUT2D eigenvalue weighted by molar-refractivity contribution is 6.27. The molecule has 0 fully saturated rings. The number of esters is 2. The van der Waals surface area contributed by atoms with Gasteiger partial charge in [-0.15, -0.1) is 0 Å². The Morgan fingerprint density at radius 2 is 2.00 bits per heavy atom. The monoisotopic (exact) mass is 218 g/mol. The third-order valence-electron chi connectivity index (χ3n) is 1.22. The van der Waals surface area contributed by atoms with Crippen LogP contribution in [0.3, 0.4) is 0 Å². The van der Waals surface area contributed by atoms with Crippen LogP contribution in [0.5, 0.6) is 0 Å².